The van der Waals surface area contributed by atoms with Crippen LogP contribution in [0.4, 0.5) is 0 Å². The Morgan fingerprint density at radius 2 is 1.79 bits per heavy atom. The van der Waals surface area contributed by atoms with Crippen molar-refractivity contribution in [2.24, 2.45) is 0 Å². The Bertz CT molecular complexity index is 958. The quantitative estimate of drug-likeness (QED) is 0.695. The summed E-state index contributed by atoms with van der Waals surface area (Å²) in [5, 5.41) is 5.66. The smallest absolute Gasteiger partial charge is 0.251 e. The van der Waals surface area contributed by atoms with Crippen molar-refractivity contribution in [3.63, 3.8) is 0 Å². The predicted molar refractivity (Wildman–Crippen MR) is 113 cm³/mol. The van der Waals surface area contributed by atoms with Gasteiger partial charge in [-0.1, -0.05) is 48.5 Å². The second-order valence-electron chi connectivity index (χ2n) is 7.27. The molecular formula is C24H26N2O2. The van der Waals surface area contributed by atoms with Crippen LogP contribution in [0.3, 0.4) is 0 Å². The third-order valence-electron chi connectivity index (χ3n) is 5.55. The largest absolute Gasteiger partial charge is 0.497 e. The Labute approximate surface area is 166 Å². The first-order valence-electron chi connectivity index (χ1n) is 9.90. The Balaban J connectivity index is 1.59. The van der Waals surface area contributed by atoms with Gasteiger partial charge in [-0.3, -0.25) is 9.69 Å². The number of fused-ring (bicyclic) bond motifs is 1. The molecule has 0 spiro atoms. The van der Waals surface area contributed by atoms with Crippen LogP contribution in [0.2, 0.25) is 0 Å². The van der Waals surface area contributed by atoms with Crippen LogP contribution in [0, 0.1) is 0 Å². The molecule has 1 N–H and O–H groups in total. The summed E-state index contributed by atoms with van der Waals surface area (Å²) in [6.07, 6.45) is 2.43. The molecule has 3 aromatic carbocycles. The molecule has 0 aromatic heterocycles. The number of hydrogen-bond donors (Lipinski definition) is 1. The summed E-state index contributed by atoms with van der Waals surface area (Å²) in [6.45, 7) is 2.73. The van der Waals surface area contributed by atoms with E-state index in [1.165, 1.54) is 29.2 Å². The third-order valence-corrected chi connectivity index (χ3v) is 5.55. The summed E-state index contributed by atoms with van der Waals surface area (Å²) in [7, 11) is 1.61. The Morgan fingerprint density at radius 3 is 2.61 bits per heavy atom. The minimum Gasteiger partial charge on any atom is -0.497 e. The van der Waals surface area contributed by atoms with E-state index in [4.69, 9.17) is 4.74 Å². The third kappa shape index (κ3) is 3.87. The average Bonchev–Trinajstić information content (AvgIpc) is 3.28. The lowest BCUT2D eigenvalue weighted by molar-refractivity contribution is 0.0937. The summed E-state index contributed by atoms with van der Waals surface area (Å²) in [6, 6.07) is 22.4. The molecule has 0 bridgehead atoms. The summed E-state index contributed by atoms with van der Waals surface area (Å²) < 4.78 is 5.24. The SMILES string of the molecule is COc1cccc(C(=O)NC[C@H](c2cccc3ccccc23)N2CCCC2)c1. The maximum Gasteiger partial charge on any atom is 0.251 e. The normalized spacial score (nSPS) is 15.5. The summed E-state index contributed by atoms with van der Waals surface area (Å²) in [5.41, 5.74) is 1.91. The molecule has 4 rings (SSSR count). The fourth-order valence-electron chi connectivity index (χ4n) is 4.09. The van der Waals surface area contributed by atoms with Gasteiger partial charge in [-0.25, -0.2) is 0 Å². The van der Waals surface area contributed by atoms with Crippen LogP contribution < -0.4 is 10.1 Å². The van der Waals surface area contributed by atoms with E-state index in [-0.39, 0.29) is 11.9 Å². The van der Waals surface area contributed by atoms with Gasteiger partial charge in [-0.05, 0) is 60.5 Å². The molecule has 1 aliphatic heterocycles. The Morgan fingerprint density at radius 1 is 1.04 bits per heavy atom. The molecule has 1 aliphatic rings. The molecule has 144 valence electrons. The molecule has 1 atom stereocenters. The van der Waals surface area contributed by atoms with Crippen molar-refractivity contribution in [1.82, 2.24) is 10.2 Å². The molecule has 1 fully saturated rings. The lowest BCUT2D eigenvalue weighted by atomic mass is 9.97. The molecule has 1 amide bonds. The van der Waals surface area contributed by atoms with E-state index < -0.39 is 0 Å². The van der Waals surface area contributed by atoms with Gasteiger partial charge < -0.3 is 10.1 Å². The van der Waals surface area contributed by atoms with Crippen molar-refractivity contribution in [3.05, 3.63) is 77.9 Å². The van der Waals surface area contributed by atoms with Gasteiger partial charge in [0.2, 0.25) is 0 Å². The predicted octanol–water partition coefficient (Wildman–Crippen LogP) is 4.42. The second kappa shape index (κ2) is 8.44. The van der Waals surface area contributed by atoms with E-state index in [9.17, 15) is 4.79 Å². The molecule has 0 radical (unpaired) electrons. The minimum absolute atomic E-state index is 0.0664. The summed E-state index contributed by atoms with van der Waals surface area (Å²) in [4.78, 5) is 15.2. The van der Waals surface area contributed by atoms with Crippen LogP contribution in [0.1, 0.15) is 34.8 Å². The van der Waals surface area contributed by atoms with E-state index in [0.29, 0.717) is 17.9 Å². The van der Waals surface area contributed by atoms with Gasteiger partial charge in [0.05, 0.1) is 13.2 Å². The van der Waals surface area contributed by atoms with Crippen LogP contribution >= 0.6 is 0 Å². The van der Waals surface area contributed by atoms with Gasteiger partial charge >= 0.3 is 0 Å². The first kappa shape index (κ1) is 18.5. The maximum absolute atomic E-state index is 12.7. The van der Waals surface area contributed by atoms with Gasteiger partial charge in [0.1, 0.15) is 5.75 Å². The van der Waals surface area contributed by atoms with Crippen molar-refractivity contribution in [2.45, 2.75) is 18.9 Å². The molecule has 1 heterocycles. The van der Waals surface area contributed by atoms with E-state index >= 15 is 0 Å². The average molecular weight is 374 g/mol. The van der Waals surface area contributed by atoms with Gasteiger partial charge in [0.15, 0.2) is 0 Å². The van der Waals surface area contributed by atoms with E-state index in [1.807, 2.05) is 18.2 Å². The molecule has 0 unspecified atom stereocenters. The number of ether oxygens (including phenoxy) is 1. The highest BCUT2D eigenvalue weighted by atomic mass is 16.5. The highest BCUT2D eigenvalue weighted by Crippen LogP contribution is 2.30. The summed E-state index contributed by atoms with van der Waals surface area (Å²) in [5.74, 6) is 0.626. The highest BCUT2D eigenvalue weighted by molar-refractivity contribution is 5.94. The van der Waals surface area contributed by atoms with E-state index in [0.717, 1.165) is 13.1 Å². The zero-order chi connectivity index (χ0) is 19.3. The van der Waals surface area contributed by atoms with Crippen LogP contribution in [-0.2, 0) is 0 Å². The number of amides is 1. The van der Waals surface area contributed by atoms with Crippen LogP contribution in [0.15, 0.2) is 66.7 Å². The van der Waals surface area contributed by atoms with Crippen molar-refractivity contribution in [1.29, 1.82) is 0 Å². The number of likely N-dealkylation sites (tertiary alicyclic amines) is 1. The molecule has 1 saturated heterocycles. The summed E-state index contributed by atoms with van der Waals surface area (Å²) >= 11 is 0. The zero-order valence-corrected chi connectivity index (χ0v) is 16.2. The molecule has 3 aromatic rings. The van der Waals surface area contributed by atoms with Crippen molar-refractivity contribution in [3.8, 4) is 5.75 Å². The van der Waals surface area contributed by atoms with Crippen LogP contribution in [-0.4, -0.2) is 37.6 Å². The molecule has 4 nitrogen and oxygen atoms in total. The minimum atomic E-state index is -0.0664. The molecule has 4 heteroatoms. The van der Waals surface area contributed by atoms with Crippen LogP contribution in [0.25, 0.3) is 10.8 Å². The standard InChI is InChI=1S/C24H26N2O2/c1-28-20-11-6-10-19(16-20)24(27)25-17-23(26-14-4-5-15-26)22-13-7-9-18-8-2-3-12-21(18)22/h2-3,6-13,16,23H,4-5,14-15,17H2,1H3,(H,25,27)/t23-/m1/s1. The first-order chi connectivity index (χ1) is 13.8. The Kier molecular flexibility index (Phi) is 5.58. The number of hydrogen-bond acceptors (Lipinski definition) is 3. The van der Waals surface area contributed by atoms with Crippen molar-refractivity contribution < 1.29 is 9.53 Å². The molecule has 0 aliphatic carbocycles. The van der Waals surface area contributed by atoms with Gasteiger partial charge in [-0.15, -0.1) is 0 Å². The van der Waals surface area contributed by atoms with E-state index in [2.05, 4.69) is 52.7 Å². The van der Waals surface area contributed by atoms with Gasteiger partial charge in [-0.2, -0.15) is 0 Å². The van der Waals surface area contributed by atoms with Crippen molar-refractivity contribution >= 4 is 16.7 Å². The number of carbonyl (C=O) groups is 1. The lowest BCUT2D eigenvalue weighted by Gasteiger charge is -2.29. The number of carbonyl (C=O) groups excluding carboxylic acids is 1. The van der Waals surface area contributed by atoms with Gasteiger partial charge in [0.25, 0.3) is 5.91 Å². The molecule has 0 saturated carbocycles. The first-order valence-corrected chi connectivity index (χ1v) is 9.90. The number of rotatable bonds is 6. The maximum atomic E-state index is 12.7. The molecular weight excluding hydrogens is 348 g/mol. The monoisotopic (exact) mass is 374 g/mol. The van der Waals surface area contributed by atoms with Crippen molar-refractivity contribution in [2.75, 3.05) is 26.7 Å². The zero-order valence-electron chi connectivity index (χ0n) is 16.2. The molecule has 28 heavy (non-hydrogen) atoms. The number of nitrogens with one attached hydrogen (secondary N) is 1. The number of methoxy groups -OCH3 is 1. The van der Waals surface area contributed by atoms with E-state index in [1.54, 1.807) is 13.2 Å². The highest BCUT2D eigenvalue weighted by Gasteiger charge is 2.25. The van der Waals surface area contributed by atoms with Gasteiger partial charge in [0, 0.05) is 12.1 Å². The topological polar surface area (TPSA) is 41.6 Å². The Hall–Kier alpha value is -2.85. The fraction of sp³-hybridized carbons (Fsp3) is 0.292. The second-order valence-corrected chi connectivity index (χ2v) is 7.27. The fourth-order valence-corrected chi connectivity index (χ4v) is 4.09. The number of nitrogens with zero attached hydrogens (tertiary/aromatic N) is 1. The lowest BCUT2D eigenvalue weighted by Crippen LogP contribution is -2.36. The van der Waals surface area contributed by atoms with Crippen LogP contribution in [0.5, 0.6) is 5.75 Å². The number of benzene rings is 3.